The van der Waals surface area contributed by atoms with Crippen LogP contribution in [0.5, 0.6) is 0 Å². The molecule has 0 atom stereocenters. The number of halogens is 6. The maximum absolute atomic E-state index is 12.7. The maximum Gasteiger partial charge on any atom is 0.417 e. The molecule has 6 nitrogen and oxygen atoms in total. The van der Waals surface area contributed by atoms with E-state index < -0.39 is 23.5 Å². The van der Waals surface area contributed by atoms with Gasteiger partial charge in [0, 0.05) is 37.9 Å². The van der Waals surface area contributed by atoms with Crippen LogP contribution >= 0.6 is 0 Å². The van der Waals surface area contributed by atoms with E-state index in [4.69, 9.17) is 4.52 Å². The molecule has 3 aromatic rings. The summed E-state index contributed by atoms with van der Waals surface area (Å²) in [6.45, 7) is 2.65. The Labute approximate surface area is 178 Å². The number of nitrogens with zero attached hydrogens (tertiary/aromatic N) is 5. The van der Waals surface area contributed by atoms with Crippen molar-refractivity contribution in [3.05, 3.63) is 59.6 Å². The van der Waals surface area contributed by atoms with Crippen LogP contribution in [-0.4, -0.2) is 46.2 Å². The number of hydrogen-bond donors (Lipinski definition) is 0. The van der Waals surface area contributed by atoms with Gasteiger partial charge in [0.25, 0.3) is 0 Å². The third-order valence-electron chi connectivity index (χ3n) is 5.07. The largest absolute Gasteiger partial charge is 0.417 e. The van der Waals surface area contributed by atoms with Gasteiger partial charge in [-0.15, -0.1) is 0 Å². The van der Waals surface area contributed by atoms with E-state index in [0.29, 0.717) is 50.0 Å². The van der Waals surface area contributed by atoms with Crippen LogP contribution < -0.4 is 4.90 Å². The van der Waals surface area contributed by atoms with E-state index in [-0.39, 0.29) is 5.82 Å². The zero-order chi connectivity index (χ0) is 22.9. The molecule has 1 saturated heterocycles. The third-order valence-corrected chi connectivity index (χ3v) is 5.07. The summed E-state index contributed by atoms with van der Waals surface area (Å²) in [5.41, 5.74) is -1.14. The molecule has 0 bridgehead atoms. The number of hydrogen-bond acceptors (Lipinski definition) is 6. The molecule has 0 unspecified atom stereocenters. The van der Waals surface area contributed by atoms with Gasteiger partial charge in [-0.25, -0.2) is 4.98 Å². The average molecular weight is 457 g/mol. The zero-order valence-electron chi connectivity index (χ0n) is 16.5. The molecular formula is C20H17F6N5O. The molecular weight excluding hydrogens is 440 g/mol. The van der Waals surface area contributed by atoms with Crippen molar-refractivity contribution in [3.8, 4) is 11.4 Å². The Morgan fingerprint density at radius 3 is 2.00 bits per heavy atom. The van der Waals surface area contributed by atoms with E-state index in [1.165, 1.54) is 18.2 Å². The van der Waals surface area contributed by atoms with Gasteiger partial charge in [-0.2, -0.15) is 31.3 Å². The van der Waals surface area contributed by atoms with Crippen LogP contribution in [0.25, 0.3) is 11.4 Å². The minimum absolute atomic E-state index is 0.196. The first kappa shape index (κ1) is 22.1. The molecule has 1 aromatic carbocycles. The zero-order valence-corrected chi connectivity index (χ0v) is 16.5. The van der Waals surface area contributed by atoms with Gasteiger partial charge in [0.05, 0.1) is 17.7 Å². The van der Waals surface area contributed by atoms with Crippen molar-refractivity contribution < 1.29 is 30.9 Å². The lowest BCUT2D eigenvalue weighted by atomic mass is 10.1. The van der Waals surface area contributed by atoms with Crippen LogP contribution in [0.2, 0.25) is 0 Å². The van der Waals surface area contributed by atoms with Crippen molar-refractivity contribution in [2.24, 2.45) is 0 Å². The van der Waals surface area contributed by atoms with Gasteiger partial charge in [0.1, 0.15) is 5.82 Å². The predicted octanol–water partition coefficient (Wildman–Crippen LogP) is 4.49. The number of benzene rings is 1. The highest BCUT2D eigenvalue weighted by molar-refractivity contribution is 5.54. The number of aromatic nitrogens is 3. The van der Waals surface area contributed by atoms with Gasteiger partial charge in [0.15, 0.2) is 0 Å². The molecule has 12 heteroatoms. The SMILES string of the molecule is FC(F)(F)c1ccc(-c2noc(CN3CCN(c4ccc(C(F)(F)F)cn4)CC3)n2)cc1. The number of piperazine rings is 1. The van der Waals surface area contributed by atoms with E-state index in [2.05, 4.69) is 15.1 Å². The summed E-state index contributed by atoms with van der Waals surface area (Å²) < 4.78 is 81.3. The predicted molar refractivity (Wildman–Crippen MR) is 101 cm³/mol. The molecule has 0 amide bonds. The molecule has 170 valence electrons. The number of pyridine rings is 1. The summed E-state index contributed by atoms with van der Waals surface area (Å²) in [6.07, 6.45) is -8.02. The van der Waals surface area contributed by atoms with E-state index >= 15 is 0 Å². The van der Waals surface area contributed by atoms with Gasteiger partial charge >= 0.3 is 12.4 Å². The Morgan fingerprint density at radius 1 is 0.812 bits per heavy atom. The van der Waals surface area contributed by atoms with E-state index in [0.717, 1.165) is 24.4 Å². The molecule has 0 aliphatic carbocycles. The minimum Gasteiger partial charge on any atom is -0.354 e. The monoisotopic (exact) mass is 457 g/mol. The topological polar surface area (TPSA) is 58.3 Å². The smallest absolute Gasteiger partial charge is 0.354 e. The normalized spacial score (nSPS) is 15.9. The quantitative estimate of drug-likeness (QED) is 0.538. The van der Waals surface area contributed by atoms with Gasteiger partial charge in [-0.3, -0.25) is 4.90 Å². The third kappa shape index (κ3) is 5.01. The highest BCUT2D eigenvalue weighted by Gasteiger charge is 2.31. The standard InChI is InChI=1S/C20H17F6N5O/c21-19(22,23)14-3-1-13(2-4-14)18-28-17(32-29-18)12-30-7-9-31(10-8-30)16-6-5-15(11-27-16)20(24,25)26/h1-6,11H,7-10,12H2. The van der Waals surface area contributed by atoms with Crippen LogP contribution in [0.1, 0.15) is 17.0 Å². The Bertz CT molecular complexity index is 1040. The first-order valence-electron chi connectivity index (χ1n) is 9.60. The van der Waals surface area contributed by atoms with Crippen LogP contribution in [0.15, 0.2) is 47.1 Å². The van der Waals surface area contributed by atoms with Crippen molar-refractivity contribution in [2.45, 2.75) is 18.9 Å². The van der Waals surface area contributed by atoms with Gasteiger partial charge in [0.2, 0.25) is 11.7 Å². The summed E-state index contributed by atoms with van der Waals surface area (Å²) in [5, 5.41) is 3.83. The van der Waals surface area contributed by atoms with E-state index in [1.54, 1.807) is 0 Å². The van der Waals surface area contributed by atoms with E-state index in [9.17, 15) is 26.3 Å². The van der Waals surface area contributed by atoms with Crippen molar-refractivity contribution in [3.63, 3.8) is 0 Å². The minimum atomic E-state index is -4.42. The average Bonchev–Trinajstić information content (AvgIpc) is 3.22. The fourth-order valence-electron chi connectivity index (χ4n) is 3.31. The van der Waals surface area contributed by atoms with Crippen LogP contribution in [0.3, 0.4) is 0 Å². The second kappa shape index (κ2) is 8.41. The van der Waals surface area contributed by atoms with Gasteiger partial charge in [-0.05, 0) is 24.3 Å². The molecule has 1 aliphatic rings. The summed E-state index contributed by atoms with van der Waals surface area (Å²) >= 11 is 0. The number of anilines is 1. The van der Waals surface area contributed by atoms with Crippen molar-refractivity contribution >= 4 is 5.82 Å². The summed E-state index contributed by atoms with van der Waals surface area (Å²) in [6, 6.07) is 6.85. The van der Waals surface area contributed by atoms with Gasteiger partial charge < -0.3 is 9.42 Å². The van der Waals surface area contributed by atoms with Crippen LogP contribution in [-0.2, 0) is 18.9 Å². The fraction of sp³-hybridized carbons (Fsp3) is 0.350. The first-order chi connectivity index (χ1) is 15.1. The molecule has 3 heterocycles. The molecule has 0 spiro atoms. The maximum atomic E-state index is 12.7. The molecule has 1 aliphatic heterocycles. The Hall–Kier alpha value is -3.15. The lowest BCUT2D eigenvalue weighted by molar-refractivity contribution is -0.138. The molecule has 2 aromatic heterocycles. The van der Waals surface area contributed by atoms with E-state index in [1.807, 2.05) is 9.80 Å². The second-order valence-corrected chi connectivity index (χ2v) is 7.25. The second-order valence-electron chi connectivity index (χ2n) is 7.25. The summed E-state index contributed by atoms with van der Waals surface area (Å²) in [4.78, 5) is 12.1. The summed E-state index contributed by atoms with van der Waals surface area (Å²) in [7, 11) is 0. The Kier molecular flexibility index (Phi) is 5.80. The molecule has 32 heavy (non-hydrogen) atoms. The molecule has 0 saturated carbocycles. The van der Waals surface area contributed by atoms with Crippen molar-refractivity contribution in [1.82, 2.24) is 20.0 Å². The molecule has 4 rings (SSSR count). The van der Waals surface area contributed by atoms with Crippen LogP contribution in [0.4, 0.5) is 32.2 Å². The lowest BCUT2D eigenvalue weighted by Gasteiger charge is -2.34. The lowest BCUT2D eigenvalue weighted by Crippen LogP contribution is -2.46. The van der Waals surface area contributed by atoms with Crippen molar-refractivity contribution in [1.29, 1.82) is 0 Å². The highest BCUT2D eigenvalue weighted by atomic mass is 19.4. The highest BCUT2D eigenvalue weighted by Crippen LogP contribution is 2.31. The number of alkyl halides is 6. The number of rotatable bonds is 4. The first-order valence-corrected chi connectivity index (χ1v) is 9.60. The molecule has 1 fully saturated rings. The Morgan fingerprint density at radius 2 is 1.44 bits per heavy atom. The Balaban J connectivity index is 1.33. The fourth-order valence-corrected chi connectivity index (χ4v) is 3.31. The summed E-state index contributed by atoms with van der Waals surface area (Å²) in [5.74, 6) is 0.988. The molecule has 0 radical (unpaired) electrons. The van der Waals surface area contributed by atoms with Crippen LogP contribution in [0, 0.1) is 0 Å². The molecule has 0 N–H and O–H groups in total. The van der Waals surface area contributed by atoms with Gasteiger partial charge in [-0.1, -0.05) is 17.3 Å². The van der Waals surface area contributed by atoms with Crippen molar-refractivity contribution in [2.75, 3.05) is 31.1 Å².